The van der Waals surface area contributed by atoms with Gasteiger partial charge in [0.2, 0.25) is 0 Å². The molecular formula is C26H49O5P. The minimum absolute atomic E-state index is 0.0718. The van der Waals surface area contributed by atoms with Crippen molar-refractivity contribution in [1.29, 1.82) is 0 Å². The van der Waals surface area contributed by atoms with Crippen molar-refractivity contribution in [2.75, 3.05) is 51.1 Å². The van der Waals surface area contributed by atoms with Gasteiger partial charge in [0, 0.05) is 33.7 Å². The first-order chi connectivity index (χ1) is 15.6. The third-order valence-electron chi connectivity index (χ3n) is 5.91. The van der Waals surface area contributed by atoms with Crippen molar-refractivity contribution in [2.24, 2.45) is 0 Å². The lowest BCUT2D eigenvalue weighted by molar-refractivity contribution is -0.268. The van der Waals surface area contributed by atoms with Crippen LogP contribution in [0.4, 0.5) is 0 Å². The summed E-state index contributed by atoms with van der Waals surface area (Å²) in [5, 5.41) is 46.4. The summed E-state index contributed by atoms with van der Waals surface area (Å²) in [7, 11) is -0.983. The molecule has 0 atom stereocenters. The first-order valence-corrected chi connectivity index (χ1v) is 15.2. The maximum absolute atomic E-state index is 10.3. The van der Waals surface area contributed by atoms with Crippen molar-refractivity contribution in [3.63, 3.8) is 0 Å². The highest BCUT2D eigenvalue weighted by atomic mass is 31.2. The predicted molar refractivity (Wildman–Crippen MR) is 136 cm³/mol. The lowest BCUT2D eigenvalue weighted by atomic mass is 10.2. The number of hydrogen-bond acceptors (Lipinski definition) is 5. The number of unbranched alkanes of at least 4 members (excludes halogenated alkanes) is 8. The van der Waals surface area contributed by atoms with Gasteiger partial charge in [-0.25, -0.2) is 0 Å². The Morgan fingerprint density at radius 3 is 1.00 bits per heavy atom. The van der Waals surface area contributed by atoms with Crippen LogP contribution >= 0.6 is 7.26 Å². The first kappa shape index (κ1) is 31.3. The smallest absolute Gasteiger partial charge is 0.0594 e. The van der Waals surface area contributed by atoms with E-state index in [1.165, 1.54) is 62.5 Å². The minimum atomic E-state index is -0.983. The van der Waals surface area contributed by atoms with E-state index in [-0.39, 0.29) is 5.75 Å². The van der Waals surface area contributed by atoms with Gasteiger partial charge in [-0.3, -0.25) is 0 Å². The molecule has 6 heteroatoms. The maximum Gasteiger partial charge on any atom is 0.0594 e. The minimum Gasteiger partial charge on any atom is -0.872 e. The third-order valence-corrected chi connectivity index (χ3v) is 11.0. The van der Waals surface area contributed by atoms with Gasteiger partial charge in [-0.05, 0) is 77.0 Å². The van der Waals surface area contributed by atoms with Crippen molar-refractivity contribution in [3.05, 3.63) is 30.3 Å². The molecular weight excluding hydrogens is 423 g/mol. The van der Waals surface area contributed by atoms with E-state index in [1.54, 1.807) is 12.1 Å². The van der Waals surface area contributed by atoms with Gasteiger partial charge in [-0.1, -0.05) is 30.3 Å². The Balaban J connectivity index is 0.00000115. The Labute approximate surface area is 197 Å². The Hall–Kier alpha value is -0.710. The van der Waals surface area contributed by atoms with E-state index in [0.29, 0.717) is 26.4 Å². The lowest BCUT2D eigenvalue weighted by Crippen LogP contribution is -2.13. The summed E-state index contributed by atoms with van der Waals surface area (Å²) in [4.78, 5) is 0. The van der Waals surface area contributed by atoms with Gasteiger partial charge in [0.1, 0.15) is 0 Å². The van der Waals surface area contributed by atoms with Gasteiger partial charge in [0.25, 0.3) is 0 Å². The van der Waals surface area contributed by atoms with E-state index in [9.17, 15) is 5.11 Å². The van der Waals surface area contributed by atoms with Gasteiger partial charge in [-0.15, -0.1) is 5.75 Å². The topological polar surface area (TPSA) is 104 Å². The molecule has 0 radical (unpaired) electrons. The molecule has 0 amide bonds. The van der Waals surface area contributed by atoms with E-state index in [4.69, 9.17) is 20.4 Å². The summed E-state index contributed by atoms with van der Waals surface area (Å²) in [6.45, 7) is 1.20. The summed E-state index contributed by atoms with van der Waals surface area (Å²) in [6.07, 6.45) is 18.4. The molecule has 0 unspecified atom stereocenters. The molecule has 0 aliphatic carbocycles. The highest BCUT2D eigenvalue weighted by Gasteiger charge is 2.34. The second-order valence-corrected chi connectivity index (χ2v) is 13.2. The van der Waals surface area contributed by atoms with E-state index < -0.39 is 7.26 Å². The second kappa shape index (κ2) is 23.4. The number of hydrogen-bond donors (Lipinski definition) is 4. The van der Waals surface area contributed by atoms with Crippen LogP contribution in [0.5, 0.6) is 5.75 Å². The fourth-order valence-corrected chi connectivity index (χ4v) is 8.95. The van der Waals surface area contributed by atoms with Crippen LogP contribution < -0.4 is 5.11 Å². The van der Waals surface area contributed by atoms with Gasteiger partial charge >= 0.3 is 0 Å². The van der Waals surface area contributed by atoms with E-state index in [1.807, 2.05) is 6.07 Å². The predicted octanol–water partition coefficient (Wildman–Crippen LogP) is 4.41. The normalized spacial score (nSPS) is 11.2. The standard InChI is InChI=1S/C20H44O4P.C6H6O/c21-13-5-1-9-17-25(18-10-2-6-14-22,19-11-3-7-15-23)20-12-4-8-16-24;7-6-4-2-1-3-5-6/h21-24H,1-20H2;1-5,7H/q+1;/p-1. The van der Waals surface area contributed by atoms with Crippen LogP contribution in [-0.2, 0) is 0 Å². The molecule has 32 heavy (non-hydrogen) atoms. The van der Waals surface area contributed by atoms with E-state index >= 15 is 0 Å². The van der Waals surface area contributed by atoms with Crippen molar-refractivity contribution in [3.8, 4) is 5.75 Å². The van der Waals surface area contributed by atoms with Crippen LogP contribution in [0, 0.1) is 0 Å². The number of para-hydroxylation sites is 1. The Kier molecular flexibility index (Phi) is 22.9. The molecule has 0 aromatic heterocycles. The molecule has 1 aromatic carbocycles. The van der Waals surface area contributed by atoms with Gasteiger partial charge in [-0.2, -0.15) is 0 Å². The zero-order valence-electron chi connectivity index (χ0n) is 20.2. The van der Waals surface area contributed by atoms with Crippen molar-refractivity contribution < 1.29 is 25.5 Å². The summed E-state index contributed by atoms with van der Waals surface area (Å²) >= 11 is 0. The van der Waals surface area contributed by atoms with E-state index in [2.05, 4.69) is 0 Å². The molecule has 0 saturated carbocycles. The number of rotatable bonds is 20. The van der Waals surface area contributed by atoms with Crippen LogP contribution in [0.2, 0.25) is 0 Å². The fourth-order valence-electron chi connectivity index (χ4n) is 4.03. The Morgan fingerprint density at radius 1 is 0.469 bits per heavy atom. The monoisotopic (exact) mass is 472 g/mol. The number of benzene rings is 1. The van der Waals surface area contributed by atoms with E-state index in [0.717, 1.165) is 51.4 Å². The molecule has 1 aromatic rings. The van der Waals surface area contributed by atoms with Crippen LogP contribution in [0.25, 0.3) is 0 Å². The van der Waals surface area contributed by atoms with Crippen molar-refractivity contribution in [2.45, 2.75) is 77.0 Å². The Bertz CT molecular complexity index is 433. The number of aliphatic hydroxyl groups excluding tert-OH is 4. The lowest BCUT2D eigenvalue weighted by Gasteiger charge is -2.28. The SMILES string of the molecule is OCCCCC[P+](CCCCCO)(CCCCCO)CCCCCO.[O-]c1ccccc1. The van der Waals surface area contributed by atoms with Crippen LogP contribution in [0.3, 0.4) is 0 Å². The summed E-state index contributed by atoms with van der Waals surface area (Å²) < 4.78 is 0. The van der Waals surface area contributed by atoms with Crippen LogP contribution in [0.1, 0.15) is 77.0 Å². The molecule has 0 aliphatic heterocycles. The number of aliphatic hydroxyl groups is 4. The molecule has 0 spiro atoms. The van der Waals surface area contributed by atoms with Crippen LogP contribution in [0.15, 0.2) is 30.3 Å². The molecule has 188 valence electrons. The zero-order chi connectivity index (χ0) is 23.8. The highest BCUT2D eigenvalue weighted by Crippen LogP contribution is 2.61. The summed E-state index contributed by atoms with van der Waals surface area (Å²) in [5.41, 5.74) is 0. The summed E-state index contributed by atoms with van der Waals surface area (Å²) in [5.74, 6) is 0.0718. The molecule has 5 nitrogen and oxygen atoms in total. The van der Waals surface area contributed by atoms with Crippen molar-refractivity contribution >= 4 is 7.26 Å². The molecule has 1 rings (SSSR count). The molecule has 4 N–H and O–H groups in total. The van der Waals surface area contributed by atoms with Gasteiger partial charge in [0.15, 0.2) is 0 Å². The molecule has 0 aliphatic rings. The molecule has 0 heterocycles. The van der Waals surface area contributed by atoms with Crippen LogP contribution in [-0.4, -0.2) is 71.5 Å². The second-order valence-electron chi connectivity index (χ2n) is 8.69. The average molecular weight is 473 g/mol. The largest absolute Gasteiger partial charge is 0.872 e. The van der Waals surface area contributed by atoms with Crippen molar-refractivity contribution in [1.82, 2.24) is 0 Å². The summed E-state index contributed by atoms with van der Waals surface area (Å²) in [6, 6.07) is 8.33. The van der Waals surface area contributed by atoms with Gasteiger partial charge < -0.3 is 25.5 Å². The fraction of sp³-hybridized carbons (Fsp3) is 0.769. The molecule has 0 fully saturated rings. The zero-order valence-corrected chi connectivity index (χ0v) is 21.1. The first-order valence-electron chi connectivity index (χ1n) is 12.6. The molecule has 0 bridgehead atoms. The highest BCUT2D eigenvalue weighted by molar-refractivity contribution is 7.75. The maximum atomic E-state index is 10.3. The molecule has 0 saturated heterocycles. The quantitative estimate of drug-likeness (QED) is 0.166. The Morgan fingerprint density at radius 2 is 0.781 bits per heavy atom. The average Bonchev–Trinajstić information content (AvgIpc) is 2.81. The third kappa shape index (κ3) is 18.8. The van der Waals surface area contributed by atoms with Gasteiger partial charge in [0.05, 0.1) is 24.6 Å².